The molecule has 122 valence electrons. The third-order valence-electron chi connectivity index (χ3n) is 4.13. The van der Waals surface area contributed by atoms with Crippen molar-refractivity contribution in [2.75, 3.05) is 45.2 Å². The van der Waals surface area contributed by atoms with Gasteiger partial charge < -0.3 is 20.3 Å². The van der Waals surface area contributed by atoms with E-state index in [0.29, 0.717) is 19.1 Å². The van der Waals surface area contributed by atoms with Crippen molar-refractivity contribution >= 4 is 22.5 Å². The summed E-state index contributed by atoms with van der Waals surface area (Å²) in [7, 11) is 2.08. The lowest BCUT2D eigenvalue weighted by Crippen LogP contribution is -2.37. The molecule has 1 aliphatic rings. The Morgan fingerprint density at radius 3 is 3.00 bits per heavy atom. The minimum Gasteiger partial charge on any atom is -0.380 e. The average molecular weight is 313 g/mol. The van der Waals surface area contributed by atoms with Gasteiger partial charge in [-0.15, -0.1) is 0 Å². The van der Waals surface area contributed by atoms with Crippen LogP contribution in [0.25, 0.3) is 10.8 Å². The third-order valence-corrected chi connectivity index (χ3v) is 4.13. The maximum absolute atomic E-state index is 12.2. The Labute approximate surface area is 136 Å². The molecule has 2 aromatic carbocycles. The number of benzene rings is 2. The number of carbonyl (C=O) groups is 1. The molecule has 23 heavy (non-hydrogen) atoms. The van der Waals surface area contributed by atoms with Crippen molar-refractivity contribution < 1.29 is 9.53 Å². The SMILES string of the molecule is CN1CCOC[C@H](CNC(=O)Nc2cccc3ccccc23)C1. The standard InChI is InChI=1S/C18H23N3O2/c1-21-9-10-23-13-14(12-21)11-19-18(22)20-17-8-4-6-15-5-2-3-7-16(15)17/h2-8,14H,9-13H2,1H3,(H2,19,20,22)/t14-/m1/s1. The number of ether oxygens (including phenoxy) is 1. The molecule has 0 aromatic heterocycles. The number of urea groups is 1. The number of hydrogen-bond acceptors (Lipinski definition) is 3. The summed E-state index contributed by atoms with van der Waals surface area (Å²) >= 11 is 0. The van der Waals surface area contributed by atoms with Gasteiger partial charge in [-0.05, 0) is 18.5 Å². The number of nitrogens with zero attached hydrogens (tertiary/aromatic N) is 1. The summed E-state index contributed by atoms with van der Waals surface area (Å²) in [5.41, 5.74) is 0.829. The van der Waals surface area contributed by atoms with Gasteiger partial charge in [0.25, 0.3) is 0 Å². The molecule has 3 rings (SSSR count). The van der Waals surface area contributed by atoms with Crippen molar-refractivity contribution in [3.05, 3.63) is 42.5 Å². The summed E-state index contributed by atoms with van der Waals surface area (Å²) in [6, 6.07) is 13.8. The van der Waals surface area contributed by atoms with Crippen LogP contribution >= 0.6 is 0 Å². The zero-order valence-corrected chi connectivity index (χ0v) is 13.4. The van der Waals surface area contributed by atoms with E-state index < -0.39 is 0 Å². The molecule has 2 N–H and O–H groups in total. The molecular formula is C18H23N3O2. The van der Waals surface area contributed by atoms with Gasteiger partial charge in [-0.25, -0.2) is 4.79 Å². The Hall–Kier alpha value is -2.11. The lowest BCUT2D eigenvalue weighted by atomic mass is 10.1. The highest BCUT2D eigenvalue weighted by atomic mass is 16.5. The van der Waals surface area contributed by atoms with Crippen molar-refractivity contribution in [2.45, 2.75) is 0 Å². The van der Waals surface area contributed by atoms with E-state index in [-0.39, 0.29) is 6.03 Å². The summed E-state index contributed by atoms with van der Waals surface area (Å²) in [5, 5.41) is 8.06. The Bertz CT molecular complexity index is 669. The van der Waals surface area contributed by atoms with Crippen LogP contribution in [0.4, 0.5) is 10.5 Å². The largest absolute Gasteiger partial charge is 0.380 e. The molecule has 0 bridgehead atoms. The molecule has 1 aliphatic heterocycles. The number of likely N-dealkylation sites (N-methyl/N-ethyl adjacent to an activating group) is 1. The number of hydrogen-bond donors (Lipinski definition) is 2. The van der Waals surface area contributed by atoms with Crippen LogP contribution in [-0.2, 0) is 4.74 Å². The zero-order valence-electron chi connectivity index (χ0n) is 13.4. The van der Waals surface area contributed by atoms with Gasteiger partial charge in [0.1, 0.15) is 0 Å². The van der Waals surface area contributed by atoms with Crippen molar-refractivity contribution in [1.29, 1.82) is 0 Å². The van der Waals surface area contributed by atoms with E-state index in [4.69, 9.17) is 4.74 Å². The highest BCUT2D eigenvalue weighted by Gasteiger charge is 2.17. The third kappa shape index (κ3) is 4.21. The van der Waals surface area contributed by atoms with Crippen molar-refractivity contribution in [1.82, 2.24) is 10.2 Å². The highest BCUT2D eigenvalue weighted by molar-refractivity contribution is 6.01. The molecule has 1 heterocycles. The lowest BCUT2D eigenvalue weighted by molar-refractivity contribution is 0.122. The van der Waals surface area contributed by atoms with E-state index in [9.17, 15) is 4.79 Å². The van der Waals surface area contributed by atoms with Crippen LogP contribution in [0.15, 0.2) is 42.5 Å². The van der Waals surface area contributed by atoms with Gasteiger partial charge in [0.05, 0.1) is 18.9 Å². The predicted octanol–water partition coefficient (Wildman–Crippen LogP) is 2.54. The topological polar surface area (TPSA) is 53.6 Å². The fraction of sp³-hybridized carbons (Fsp3) is 0.389. The van der Waals surface area contributed by atoms with Crippen LogP contribution in [0.2, 0.25) is 0 Å². The fourth-order valence-electron chi connectivity index (χ4n) is 2.92. The van der Waals surface area contributed by atoms with E-state index in [1.807, 2.05) is 42.5 Å². The van der Waals surface area contributed by atoms with E-state index in [1.165, 1.54) is 0 Å². The molecular weight excluding hydrogens is 290 g/mol. The number of nitrogens with one attached hydrogen (secondary N) is 2. The molecule has 1 atom stereocenters. The Kier molecular flexibility index (Phi) is 5.10. The summed E-state index contributed by atoms with van der Waals surface area (Å²) in [4.78, 5) is 14.4. The normalized spacial score (nSPS) is 19.3. The first-order chi connectivity index (χ1) is 11.2. The zero-order chi connectivity index (χ0) is 16.1. The predicted molar refractivity (Wildman–Crippen MR) is 92.8 cm³/mol. The highest BCUT2D eigenvalue weighted by Crippen LogP contribution is 2.22. The van der Waals surface area contributed by atoms with Gasteiger partial charge in [0.2, 0.25) is 0 Å². The van der Waals surface area contributed by atoms with Crippen molar-refractivity contribution in [2.24, 2.45) is 5.92 Å². The first-order valence-corrected chi connectivity index (χ1v) is 8.01. The minimum absolute atomic E-state index is 0.173. The molecule has 1 fully saturated rings. The van der Waals surface area contributed by atoms with E-state index >= 15 is 0 Å². The quantitative estimate of drug-likeness (QED) is 0.915. The van der Waals surface area contributed by atoms with E-state index in [1.54, 1.807) is 0 Å². The number of rotatable bonds is 3. The lowest BCUT2D eigenvalue weighted by Gasteiger charge is -2.19. The Morgan fingerprint density at radius 2 is 2.09 bits per heavy atom. The van der Waals surface area contributed by atoms with Crippen LogP contribution in [-0.4, -0.2) is 50.8 Å². The van der Waals surface area contributed by atoms with Gasteiger partial charge >= 0.3 is 6.03 Å². The number of fused-ring (bicyclic) bond motifs is 1. The smallest absolute Gasteiger partial charge is 0.319 e. The number of carbonyl (C=O) groups excluding carboxylic acids is 1. The van der Waals surface area contributed by atoms with Crippen LogP contribution < -0.4 is 10.6 Å². The van der Waals surface area contributed by atoms with Crippen LogP contribution in [0.3, 0.4) is 0 Å². The number of anilines is 1. The summed E-state index contributed by atoms with van der Waals surface area (Å²) in [6.07, 6.45) is 0. The summed E-state index contributed by atoms with van der Waals surface area (Å²) in [5.74, 6) is 0.320. The summed E-state index contributed by atoms with van der Waals surface area (Å²) < 4.78 is 5.57. The molecule has 1 saturated heterocycles. The summed E-state index contributed by atoms with van der Waals surface area (Å²) in [6.45, 7) is 3.95. The van der Waals surface area contributed by atoms with Crippen LogP contribution in [0, 0.1) is 5.92 Å². The minimum atomic E-state index is -0.173. The second-order valence-corrected chi connectivity index (χ2v) is 6.06. The van der Waals surface area contributed by atoms with E-state index in [0.717, 1.165) is 36.2 Å². The maximum atomic E-state index is 12.2. The first-order valence-electron chi connectivity index (χ1n) is 8.01. The second kappa shape index (κ2) is 7.44. The van der Waals surface area contributed by atoms with Crippen molar-refractivity contribution in [3.63, 3.8) is 0 Å². The van der Waals surface area contributed by atoms with Gasteiger partial charge in [0.15, 0.2) is 0 Å². The molecule has 0 radical (unpaired) electrons. The molecule has 0 spiro atoms. The molecule has 0 aliphatic carbocycles. The molecule has 2 amide bonds. The molecule has 2 aromatic rings. The van der Waals surface area contributed by atoms with E-state index in [2.05, 4.69) is 22.6 Å². The monoisotopic (exact) mass is 313 g/mol. The van der Waals surface area contributed by atoms with Crippen LogP contribution in [0.5, 0.6) is 0 Å². The second-order valence-electron chi connectivity index (χ2n) is 6.06. The Balaban J connectivity index is 1.58. The molecule has 0 saturated carbocycles. The molecule has 5 heteroatoms. The Morgan fingerprint density at radius 1 is 1.26 bits per heavy atom. The number of amides is 2. The average Bonchev–Trinajstić information content (AvgIpc) is 2.77. The van der Waals surface area contributed by atoms with Crippen LogP contribution in [0.1, 0.15) is 0 Å². The fourth-order valence-corrected chi connectivity index (χ4v) is 2.92. The molecule has 0 unspecified atom stereocenters. The molecule has 5 nitrogen and oxygen atoms in total. The van der Waals surface area contributed by atoms with Crippen molar-refractivity contribution in [3.8, 4) is 0 Å². The van der Waals surface area contributed by atoms with Gasteiger partial charge in [-0.1, -0.05) is 36.4 Å². The first kappa shape index (κ1) is 15.8. The van der Waals surface area contributed by atoms with Gasteiger partial charge in [-0.3, -0.25) is 0 Å². The van der Waals surface area contributed by atoms with Gasteiger partial charge in [0, 0.05) is 30.9 Å². The maximum Gasteiger partial charge on any atom is 0.319 e. The van der Waals surface area contributed by atoms with Gasteiger partial charge in [-0.2, -0.15) is 0 Å².